The van der Waals surface area contributed by atoms with Crippen LogP contribution in [0.25, 0.3) is 0 Å². The summed E-state index contributed by atoms with van der Waals surface area (Å²) in [6.45, 7) is 0.311. The predicted octanol–water partition coefficient (Wildman–Crippen LogP) is 5.19. The number of carbonyl (C=O) groups is 1. The molecule has 0 aliphatic heterocycles. The smallest absolute Gasteiger partial charge is 0.252 e. The summed E-state index contributed by atoms with van der Waals surface area (Å²) in [5.41, 5.74) is 1.95. The second-order valence-corrected chi connectivity index (χ2v) is 6.70. The van der Waals surface area contributed by atoms with Gasteiger partial charge in [-0.15, -0.1) is 11.8 Å². The van der Waals surface area contributed by atoms with Gasteiger partial charge in [0.1, 0.15) is 11.6 Å². The van der Waals surface area contributed by atoms with E-state index in [-0.39, 0.29) is 17.5 Å². The third-order valence-corrected chi connectivity index (χ3v) is 4.96. The van der Waals surface area contributed by atoms with Gasteiger partial charge in [0.15, 0.2) is 0 Å². The summed E-state index contributed by atoms with van der Waals surface area (Å²) >= 11 is 1.42. The highest BCUT2D eigenvalue weighted by atomic mass is 32.2. The molecular weight excluding hydrogens is 352 g/mol. The van der Waals surface area contributed by atoms with Crippen molar-refractivity contribution in [3.8, 4) is 0 Å². The first-order valence-electron chi connectivity index (χ1n) is 8.11. The number of carbonyl (C=O) groups excluding carboxylic acids is 1. The van der Waals surface area contributed by atoms with Gasteiger partial charge in [-0.1, -0.05) is 42.5 Å². The standard InChI is InChI=1S/C21H17F2NOS/c22-17-11-9-15(10-12-17)13-24-21(25)18-6-2-4-8-20(18)26-14-16-5-1-3-7-19(16)23/h1-12H,13-14H2,(H,24,25). The van der Waals surface area contributed by atoms with Gasteiger partial charge in [-0.05, 0) is 41.5 Å². The summed E-state index contributed by atoms with van der Waals surface area (Å²) in [6.07, 6.45) is 0. The van der Waals surface area contributed by atoms with Crippen molar-refractivity contribution >= 4 is 17.7 Å². The first-order valence-corrected chi connectivity index (χ1v) is 9.10. The summed E-state index contributed by atoms with van der Waals surface area (Å²) in [6, 6.07) is 19.8. The van der Waals surface area contributed by atoms with E-state index in [1.54, 1.807) is 42.5 Å². The van der Waals surface area contributed by atoms with E-state index in [9.17, 15) is 13.6 Å². The van der Waals surface area contributed by atoms with Gasteiger partial charge in [0.2, 0.25) is 0 Å². The lowest BCUT2D eigenvalue weighted by Gasteiger charge is -2.10. The molecule has 0 fully saturated rings. The zero-order valence-corrected chi connectivity index (χ0v) is 14.7. The highest BCUT2D eigenvalue weighted by Crippen LogP contribution is 2.27. The number of nitrogens with one attached hydrogen (secondary N) is 1. The van der Waals surface area contributed by atoms with Gasteiger partial charge in [-0.3, -0.25) is 4.79 Å². The average Bonchev–Trinajstić information content (AvgIpc) is 2.67. The largest absolute Gasteiger partial charge is 0.348 e. The summed E-state index contributed by atoms with van der Waals surface area (Å²) in [4.78, 5) is 13.3. The lowest BCUT2D eigenvalue weighted by atomic mass is 10.2. The van der Waals surface area contributed by atoms with Crippen LogP contribution in [0.15, 0.2) is 77.7 Å². The minimum atomic E-state index is -0.310. The first kappa shape index (κ1) is 18.1. The molecule has 0 heterocycles. The number of thioether (sulfide) groups is 1. The van der Waals surface area contributed by atoms with Crippen molar-refractivity contribution in [1.82, 2.24) is 5.32 Å². The number of hydrogen-bond donors (Lipinski definition) is 1. The van der Waals surface area contributed by atoms with E-state index in [1.807, 2.05) is 12.1 Å². The van der Waals surface area contributed by atoms with Crippen molar-refractivity contribution in [1.29, 1.82) is 0 Å². The van der Waals surface area contributed by atoms with Gasteiger partial charge in [0.25, 0.3) is 5.91 Å². The fourth-order valence-electron chi connectivity index (χ4n) is 2.43. The SMILES string of the molecule is O=C(NCc1ccc(F)cc1)c1ccccc1SCc1ccccc1F. The Kier molecular flexibility index (Phi) is 6.02. The molecule has 1 amide bonds. The second-order valence-electron chi connectivity index (χ2n) is 5.69. The highest BCUT2D eigenvalue weighted by molar-refractivity contribution is 7.98. The summed E-state index contributed by atoms with van der Waals surface area (Å²) in [7, 11) is 0. The van der Waals surface area contributed by atoms with Crippen molar-refractivity contribution in [2.24, 2.45) is 0 Å². The van der Waals surface area contributed by atoms with Crippen molar-refractivity contribution in [3.63, 3.8) is 0 Å². The van der Waals surface area contributed by atoms with E-state index in [0.717, 1.165) is 10.5 Å². The molecule has 0 aliphatic rings. The number of benzene rings is 3. The molecule has 5 heteroatoms. The molecule has 0 bridgehead atoms. The van der Waals surface area contributed by atoms with Gasteiger partial charge < -0.3 is 5.32 Å². The summed E-state index contributed by atoms with van der Waals surface area (Å²) in [5, 5.41) is 2.84. The Morgan fingerprint density at radius 1 is 0.885 bits per heavy atom. The van der Waals surface area contributed by atoms with E-state index in [2.05, 4.69) is 5.32 Å². The predicted molar refractivity (Wildman–Crippen MR) is 100.0 cm³/mol. The molecule has 0 unspecified atom stereocenters. The Balaban J connectivity index is 1.67. The van der Waals surface area contributed by atoms with Gasteiger partial charge in [-0.25, -0.2) is 8.78 Å². The Morgan fingerprint density at radius 2 is 1.58 bits per heavy atom. The number of halogens is 2. The Labute approximate surface area is 155 Å². The number of amides is 1. The van der Waals surface area contributed by atoms with Crippen molar-refractivity contribution < 1.29 is 13.6 Å². The maximum atomic E-state index is 13.8. The van der Waals surface area contributed by atoms with E-state index in [0.29, 0.717) is 23.4 Å². The second kappa shape index (κ2) is 8.63. The fourth-order valence-corrected chi connectivity index (χ4v) is 3.47. The molecule has 2 nitrogen and oxygen atoms in total. The van der Waals surface area contributed by atoms with Gasteiger partial charge in [0.05, 0.1) is 5.56 Å². The highest BCUT2D eigenvalue weighted by Gasteiger charge is 2.12. The summed E-state index contributed by atoms with van der Waals surface area (Å²) < 4.78 is 26.7. The minimum absolute atomic E-state index is 0.217. The molecule has 0 aliphatic carbocycles. The van der Waals surface area contributed by atoms with Crippen molar-refractivity contribution in [3.05, 3.63) is 101 Å². The van der Waals surface area contributed by atoms with Crippen LogP contribution in [0.1, 0.15) is 21.5 Å². The van der Waals surface area contributed by atoms with E-state index < -0.39 is 0 Å². The fraction of sp³-hybridized carbons (Fsp3) is 0.0952. The molecular formula is C21H17F2NOS. The van der Waals surface area contributed by atoms with Crippen LogP contribution in [0.2, 0.25) is 0 Å². The molecule has 0 aromatic heterocycles. The molecule has 3 aromatic rings. The van der Waals surface area contributed by atoms with Crippen LogP contribution in [-0.2, 0) is 12.3 Å². The van der Waals surface area contributed by atoms with Crippen LogP contribution in [0, 0.1) is 11.6 Å². The zero-order chi connectivity index (χ0) is 18.4. The van der Waals surface area contributed by atoms with E-state index >= 15 is 0 Å². The maximum Gasteiger partial charge on any atom is 0.252 e. The quantitative estimate of drug-likeness (QED) is 0.606. The third kappa shape index (κ3) is 4.70. The number of hydrogen-bond acceptors (Lipinski definition) is 2. The van der Waals surface area contributed by atoms with Gasteiger partial charge in [-0.2, -0.15) is 0 Å². The Morgan fingerprint density at radius 3 is 2.35 bits per heavy atom. The molecule has 0 radical (unpaired) electrons. The maximum absolute atomic E-state index is 13.8. The summed E-state index contributed by atoms with van der Waals surface area (Å²) in [5.74, 6) is -0.339. The van der Waals surface area contributed by atoms with Crippen LogP contribution in [-0.4, -0.2) is 5.91 Å². The molecule has 132 valence electrons. The molecule has 3 rings (SSSR count). The van der Waals surface area contributed by atoms with Crippen LogP contribution in [0.3, 0.4) is 0 Å². The monoisotopic (exact) mass is 369 g/mol. The molecule has 0 saturated heterocycles. The normalized spacial score (nSPS) is 10.5. The molecule has 0 spiro atoms. The lowest BCUT2D eigenvalue weighted by Crippen LogP contribution is -2.23. The molecule has 3 aromatic carbocycles. The van der Waals surface area contributed by atoms with Crippen molar-refractivity contribution in [2.75, 3.05) is 0 Å². The van der Waals surface area contributed by atoms with Gasteiger partial charge in [0, 0.05) is 17.2 Å². The van der Waals surface area contributed by atoms with E-state index in [4.69, 9.17) is 0 Å². The lowest BCUT2D eigenvalue weighted by molar-refractivity contribution is 0.0948. The molecule has 0 atom stereocenters. The zero-order valence-electron chi connectivity index (χ0n) is 13.9. The van der Waals surface area contributed by atoms with Crippen LogP contribution in [0.5, 0.6) is 0 Å². The van der Waals surface area contributed by atoms with Crippen molar-refractivity contribution in [2.45, 2.75) is 17.2 Å². The van der Waals surface area contributed by atoms with Crippen LogP contribution >= 0.6 is 11.8 Å². The molecule has 26 heavy (non-hydrogen) atoms. The minimum Gasteiger partial charge on any atom is -0.348 e. The third-order valence-electron chi connectivity index (χ3n) is 3.84. The topological polar surface area (TPSA) is 29.1 Å². The Bertz CT molecular complexity index is 897. The number of rotatable bonds is 6. The first-order chi connectivity index (χ1) is 12.6. The van der Waals surface area contributed by atoms with E-state index in [1.165, 1.54) is 30.0 Å². The average molecular weight is 369 g/mol. The van der Waals surface area contributed by atoms with Crippen LogP contribution < -0.4 is 5.32 Å². The Hall–Kier alpha value is -2.66. The van der Waals surface area contributed by atoms with Gasteiger partial charge >= 0.3 is 0 Å². The molecule has 0 saturated carbocycles. The molecule has 1 N–H and O–H groups in total. The van der Waals surface area contributed by atoms with Crippen LogP contribution in [0.4, 0.5) is 8.78 Å².